The molecule has 0 aliphatic carbocycles. The third-order valence-electron chi connectivity index (χ3n) is 3.90. The molecule has 0 spiro atoms. The Morgan fingerprint density at radius 2 is 2.30 bits per heavy atom. The Kier molecular flexibility index (Phi) is 3.34. The Bertz CT molecular complexity index is 823. The molecule has 1 aliphatic heterocycles. The lowest BCUT2D eigenvalue weighted by Gasteiger charge is -2.25. The average Bonchev–Trinajstić information content (AvgIpc) is 3.23. The molecule has 0 fully saturated rings. The zero-order valence-electron chi connectivity index (χ0n) is 12.4. The summed E-state index contributed by atoms with van der Waals surface area (Å²) in [5.74, 6) is -0.107. The van der Waals surface area contributed by atoms with Gasteiger partial charge in [0.2, 0.25) is 0 Å². The van der Waals surface area contributed by atoms with Crippen LogP contribution in [0.2, 0.25) is 0 Å². The molecule has 0 bridgehead atoms. The van der Waals surface area contributed by atoms with Crippen LogP contribution in [0.1, 0.15) is 27.4 Å². The van der Waals surface area contributed by atoms with Crippen LogP contribution < -0.4 is 0 Å². The van der Waals surface area contributed by atoms with Crippen molar-refractivity contribution < 1.29 is 4.79 Å². The quantitative estimate of drug-likeness (QED) is 0.766. The monoisotopic (exact) mass is 309 g/mol. The Morgan fingerprint density at radius 1 is 1.35 bits per heavy atom. The summed E-state index contributed by atoms with van der Waals surface area (Å²) >= 11 is 0. The highest BCUT2D eigenvalue weighted by Gasteiger charge is 2.24. The number of amides is 1. The van der Waals surface area contributed by atoms with E-state index in [1.54, 1.807) is 28.2 Å². The highest BCUT2D eigenvalue weighted by atomic mass is 16.2. The zero-order valence-corrected chi connectivity index (χ0v) is 12.4. The number of fused-ring (bicyclic) bond motifs is 1. The van der Waals surface area contributed by atoms with Crippen molar-refractivity contribution in [2.45, 2.75) is 19.5 Å². The summed E-state index contributed by atoms with van der Waals surface area (Å²) in [5, 5.41) is 15.0. The van der Waals surface area contributed by atoms with Crippen molar-refractivity contribution in [3.8, 4) is 0 Å². The van der Waals surface area contributed by atoms with Crippen LogP contribution >= 0.6 is 0 Å². The second-order valence-corrected chi connectivity index (χ2v) is 5.47. The fourth-order valence-electron chi connectivity index (χ4n) is 2.69. The molecule has 0 saturated carbocycles. The molecule has 1 aliphatic rings. The topological polar surface area (TPSA) is 92.6 Å². The van der Waals surface area contributed by atoms with Crippen molar-refractivity contribution in [1.82, 2.24) is 35.1 Å². The first kappa shape index (κ1) is 13.6. The smallest absolute Gasteiger partial charge is 0.276 e. The fraction of sp³-hybridized carbons (Fsp3) is 0.267. The molecule has 4 heterocycles. The summed E-state index contributed by atoms with van der Waals surface area (Å²) in [6.07, 6.45) is 5.95. The molecular weight excluding hydrogens is 294 g/mol. The van der Waals surface area contributed by atoms with Gasteiger partial charge in [0.15, 0.2) is 5.69 Å². The maximum Gasteiger partial charge on any atom is 0.276 e. The van der Waals surface area contributed by atoms with Gasteiger partial charge in [-0.05, 0) is 12.1 Å². The lowest BCUT2D eigenvalue weighted by molar-refractivity contribution is 0.0728. The Morgan fingerprint density at radius 3 is 3.17 bits per heavy atom. The fourth-order valence-corrected chi connectivity index (χ4v) is 2.69. The van der Waals surface area contributed by atoms with E-state index >= 15 is 0 Å². The molecule has 0 saturated heterocycles. The number of nitrogens with one attached hydrogen (secondary N) is 1. The van der Waals surface area contributed by atoms with Crippen LogP contribution in [0, 0.1) is 0 Å². The zero-order chi connectivity index (χ0) is 15.6. The lowest BCUT2D eigenvalue weighted by atomic mass is 10.1. The number of H-pyrrole nitrogens is 1. The highest BCUT2D eigenvalue weighted by Crippen LogP contribution is 2.17. The van der Waals surface area contributed by atoms with Crippen molar-refractivity contribution >= 4 is 5.91 Å². The largest absolute Gasteiger partial charge is 0.332 e. The maximum atomic E-state index is 12.6. The summed E-state index contributed by atoms with van der Waals surface area (Å²) in [7, 11) is 0. The first-order chi connectivity index (χ1) is 11.3. The molecule has 3 aromatic heterocycles. The molecule has 1 N–H and O–H groups in total. The van der Waals surface area contributed by atoms with E-state index in [0.717, 1.165) is 23.4 Å². The summed E-state index contributed by atoms with van der Waals surface area (Å²) in [6.45, 7) is 1.70. The molecule has 0 atom stereocenters. The van der Waals surface area contributed by atoms with E-state index in [4.69, 9.17) is 0 Å². The molecular formula is C15H15N7O. The SMILES string of the molecule is O=C(c1cn(Cc2ccccn2)nn1)N1CCc2[nH]ncc2C1. The second-order valence-electron chi connectivity index (χ2n) is 5.47. The number of aromatic nitrogens is 6. The Balaban J connectivity index is 1.47. The van der Waals surface area contributed by atoms with Crippen LogP contribution in [0.4, 0.5) is 0 Å². The van der Waals surface area contributed by atoms with Crippen molar-refractivity contribution in [2.75, 3.05) is 6.54 Å². The first-order valence-electron chi connectivity index (χ1n) is 7.40. The van der Waals surface area contributed by atoms with Gasteiger partial charge in [0, 0.05) is 37.0 Å². The van der Waals surface area contributed by atoms with Crippen molar-refractivity contribution in [3.05, 3.63) is 59.4 Å². The molecule has 3 aromatic rings. The van der Waals surface area contributed by atoms with Crippen molar-refractivity contribution in [2.24, 2.45) is 0 Å². The van der Waals surface area contributed by atoms with E-state index in [-0.39, 0.29) is 5.91 Å². The standard InChI is InChI=1S/C15H15N7O/c23-15(21-6-4-13-11(8-21)7-17-18-13)14-10-22(20-19-14)9-12-3-1-2-5-16-12/h1-3,5,7,10H,4,6,8-9H2,(H,17,18). The molecule has 8 nitrogen and oxygen atoms in total. The van der Waals surface area contributed by atoms with Crippen LogP contribution in [-0.2, 0) is 19.5 Å². The van der Waals surface area contributed by atoms with E-state index in [1.165, 1.54) is 0 Å². The third-order valence-corrected chi connectivity index (χ3v) is 3.90. The predicted octanol–water partition coefficient (Wildman–Crippen LogP) is 0.643. The summed E-state index contributed by atoms with van der Waals surface area (Å²) in [5.41, 5.74) is 3.39. The summed E-state index contributed by atoms with van der Waals surface area (Å²) in [6, 6.07) is 5.69. The minimum Gasteiger partial charge on any atom is -0.332 e. The molecule has 0 unspecified atom stereocenters. The second kappa shape index (κ2) is 5.64. The predicted molar refractivity (Wildman–Crippen MR) is 80.4 cm³/mol. The summed E-state index contributed by atoms with van der Waals surface area (Å²) < 4.78 is 1.63. The van der Waals surface area contributed by atoms with Gasteiger partial charge in [-0.15, -0.1) is 5.10 Å². The molecule has 4 rings (SSSR count). The Hall–Kier alpha value is -3.03. The maximum absolute atomic E-state index is 12.6. The molecule has 0 aromatic carbocycles. The minimum absolute atomic E-state index is 0.107. The van der Waals surface area contributed by atoms with Gasteiger partial charge in [-0.2, -0.15) is 5.10 Å². The van der Waals surface area contributed by atoms with Gasteiger partial charge in [0.1, 0.15) is 0 Å². The average molecular weight is 309 g/mol. The summed E-state index contributed by atoms with van der Waals surface area (Å²) in [4.78, 5) is 18.6. The van der Waals surface area contributed by atoms with Gasteiger partial charge < -0.3 is 4.90 Å². The van der Waals surface area contributed by atoms with Gasteiger partial charge in [0.05, 0.1) is 24.6 Å². The van der Waals surface area contributed by atoms with Gasteiger partial charge in [-0.25, -0.2) is 4.68 Å². The van der Waals surface area contributed by atoms with Crippen LogP contribution in [0.25, 0.3) is 0 Å². The number of hydrogen-bond donors (Lipinski definition) is 1. The number of pyridine rings is 1. The third kappa shape index (κ3) is 2.70. The number of hydrogen-bond acceptors (Lipinski definition) is 5. The molecule has 0 radical (unpaired) electrons. The number of carbonyl (C=O) groups excluding carboxylic acids is 1. The van der Waals surface area contributed by atoms with Crippen LogP contribution in [0.5, 0.6) is 0 Å². The molecule has 8 heteroatoms. The van der Waals surface area contributed by atoms with Crippen molar-refractivity contribution in [1.29, 1.82) is 0 Å². The normalized spacial score (nSPS) is 13.8. The van der Waals surface area contributed by atoms with E-state index in [0.29, 0.717) is 25.3 Å². The van der Waals surface area contributed by atoms with Crippen LogP contribution in [0.15, 0.2) is 36.8 Å². The van der Waals surface area contributed by atoms with Crippen molar-refractivity contribution in [3.63, 3.8) is 0 Å². The molecule has 23 heavy (non-hydrogen) atoms. The van der Waals surface area contributed by atoms with E-state index in [2.05, 4.69) is 25.5 Å². The number of rotatable bonds is 3. The van der Waals surface area contributed by atoms with E-state index < -0.39 is 0 Å². The van der Waals surface area contributed by atoms with Gasteiger partial charge >= 0.3 is 0 Å². The minimum atomic E-state index is -0.107. The molecule has 116 valence electrons. The van der Waals surface area contributed by atoms with Crippen LogP contribution in [0.3, 0.4) is 0 Å². The first-order valence-corrected chi connectivity index (χ1v) is 7.40. The highest BCUT2D eigenvalue weighted by molar-refractivity contribution is 5.92. The van der Waals surface area contributed by atoms with Gasteiger partial charge in [-0.3, -0.25) is 14.9 Å². The van der Waals surface area contributed by atoms with E-state index in [1.807, 2.05) is 18.2 Å². The van der Waals surface area contributed by atoms with Gasteiger partial charge in [0.25, 0.3) is 5.91 Å². The van der Waals surface area contributed by atoms with E-state index in [9.17, 15) is 4.79 Å². The lowest BCUT2D eigenvalue weighted by Crippen LogP contribution is -2.35. The molecule has 1 amide bonds. The van der Waals surface area contributed by atoms with Gasteiger partial charge in [-0.1, -0.05) is 11.3 Å². The Labute approximate surface area is 132 Å². The number of aromatic amines is 1. The number of carbonyl (C=O) groups is 1. The number of nitrogens with zero attached hydrogens (tertiary/aromatic N) is 6. The van der Waals surface area contributed by atoms with Crippen LogP contribution in [-0.4, -0.2) is 47.5 Å².